The summed E-state index contributed by atoms with van der Waals surface area (Å²) in [5.74, 6) is 0.526. The molecule has 3 nitrogen and oxygen atoms in total. The van der Waals surface area contributed by atoms with Crippen LogP contribution in [0.5, 0.6) is 0 Å². The molecular formula is C19H31NO2. The van der Waals surface area contributed by atoms with Crippen LogP contribution < -0.4 is 5.32 Å². The summed E-state index contributed by atoms with van der Waals surface area (Å²) in [4.78, 5) is 12.7. The Morgan fingerprint density at radius 1 is 1.14 bits per heavy atom. The number of hydrogen-bond donors (Lipinski definition) is 2. The lowest BCUT2D eigenvalue weighted by Crippen LogP contribution is -2.41. The third-order valence-corrected chi connectivity index (χ3v) is 4.42. The molecule has 1 amide bonds. The van der Waals surface area contributed by atoms with E-state index >= 15 is 0 Å². The molecule has 0 radical (unpaired) electrons. The number of nitrogens with one attached hydrogen (secondary N) is 1. The number of para-hydroxylation sites is 1. The largest absolute Gasteiger partial charge is 0.392 e. The molecule has 0 aliphatic heterocycles. The van der Waals surface area contributed by atoms with Crippen molar-refractivity contribution in [3.63, 3.8) is 0 Å². The van der Waals surface area contributed by atoms with E-state index in [-0.39, 0.29) is 5.91 Å². The van der Waals surface area contributed by atoms with E-state index in [0.717, 1.165) is 16.8 Å². The van der Waals surface area contributed by atoms with Crippen molar-refractivity contribution in [1.29, 1.82) is 0 Å². The highest BCUT2D eigenvalue weighted by Gasteiger charge is 2.35. The van der Waals surface area contributed by atoms with E-state index in [1.165, 1.54) is 0 Å². The van der Waals surface area contributed by atoms with Gasteiger partial charge in [-0.3, -0.25) is 4.79 Å². The molecule has 2 N–H and O–H groups in total. The van der Waals surface area contributed by atoms with Gasteiger partial charge in [0, 0.05) is 5.69 Å². The number of rotatable bonds is 6. The van der Waals surface area contributed by atoms with Gasteiger partial charge >= 0.3 is 0 Å². The number of hydrogen-bond acceptors (Lipinski definition) is 2. The first-order valence-corrected chi connectivity index (χ1v) is 8.25. The Hall–Kier alpha value is -1.35. The second-order valence-corrected chi connectivity index (χ2v) is 7.22. The van der Waals surface area contributed by atoms with Crippen LogP contribution in [-0.2, 0) is 4.79 Å². The van der Waals surface area contributed by atoms with E-state index in [2.05, 4.69) is 45.1 Å². The second-order valence-electron chi connectivity index (χ2n) is 7.22. The van der Waals surface area contributed by atoms with Crippen LogP contribution in [0, 0.1) is 5.41 Å². The van der Waals surface area contributed by atoms with Crippen LogP contribution >= 0.6 is 0 Å². The number of amides is 1. The molecule has 3 heteroatoms. The Bertz CT molecular complexity index is 492. The number of aliphatic hydroxyl groups is 1. The first-order chi connectivity index (χ1) is 10.1. The molecule has 1 atom stereocenters. The van der Waals surface area contributed by atoms with Gasteiger partial charge in [0.05, 0.1) is 11.5 Å². The smallest absolute Gasteiger partial charge is 0.232 e. The Kier molecular flexibility index (Phi) is 6.18. The molecular weight excluding hydrogens is 274 g/mol. The molecule has 0 spiro atoms. The Morgan fingerprint density at radius 3 is 1.95 bits per heavy atom. The Morgan fingerprint density at radius 2 is 1.59 bits per heavy atom. The van der Waals surface area contributed by atoms with Gasteiger partial charge in [0.15, 0.2) is 0 Å². The fourth-order valence-electron chi connectivity index (χ4n) is 2.63. The summed E-state index contributed by atoms with van der Waals surface area (Å²) >= 11 is 0. The van der Waals surface area contributed by atoms with Crippen LogP contribution in [0.4, 0.5) is 5.69 Å². The van der Waals surface area contributed by atoms with Crippen molar-refractivity contribution in [2.75, 3.05) is 5.32 Å². The van der Waals surface area contributed by atoms with E-state index in [1.807, 2.05) is 13.0 Å². The lowest BCUT2D eigenvalue weighted by atomic mass is 9.83. The molecule has 0 saturated carbocycles. The van der Waals surface area contributed by atoms with Gasteiger partial charge in [0.2, 0.25) is 5.91 Å². The topological polar surface area (TPSA) is 49.3 Å². The van der Waals surface area contributed by atoms with E-state index < -0.39 is 11.5 Å². The zero-order valence-corrected chi connectivity index (χ0v) is 15.0. The molecule has 1 aromatic rings. The van der Waals surface area contributed by atoms with Gasteiger partial charge in [0.25, 0.3) is 0 Å². The number of carbonyl (C=O) groups is 1. The van der Waals surface area contributed by atoms with Crippen LogP contribution in [-0.4, -0.2) is 17.1 Å². The van der Waals surface area contributed by atoms with Crippen molar-refractivity contribution in [3.8, 4) is 0 Å². The molecule has 124 valence electrons. The monoisotopic (exact) mass is 305 g/mol. The summed E-state index contributed by atoms with van der Waals surface area (Å²) in [5, 5.41) is 13.2. The molecule has 0 fully saturated rings. The van der Waals surface area contributed by atoms with Gasteiger partial charge in [-0.15, -0.1) is 0 Å². The zero-order valence-electron chi connectivity index (χ0n) is 15.0. The van der Waals surface area contributed by atoms with Gasteiger partial charge in [-0.25, -0.2) is 0 Å². The summed E-state index contributed by atoms with van der Waals surface area (Å²) in [5.41, 5.74) is 2.38. The fourth-order valence-corrected chi connectivity index (χ4v) is 2.63. The molecule has 0 saturated heterocycles. The lowest BCUT2D eigenvalue weighted by Gasteiger charge is -2.30. The van der Waals surface area contributed by atoms with Gasteiger partial charge in [-0.1, -0.05) is 52.8 Å². The molecule has 1 unspecified atom stereocenters. The van der Waals surface area contributed by atoms with Crippen LogP contribution in [0.1, 0.15) is 77.8 Å². The van der Waals surface area contributed by atoms with Crippen LogP contribution in [0.2, 0.25) is 0 Å². The molecule has 22 heavy (non-hydrogen) atoms. The van der Waals surface area contributed by atoms with Crippen molar-refractivity contribution in [1.82, 2.24) is 0 Å². The normalized spacial score (nSPS) is 13.5. The van der Waals surface area contributed by atoms with Crippen LogP contribution in [0.15, 0.2) is 18.2 Å². The maximum Gasteiger partial charge on any atom is 0.232 e. The lowest BCUT2D eigenvalue weighted by molar-refractivity contribution is -0.129. The highest BCUT2D eigenvalue weighted by atomic mass is 16.3. The first kappa shape index (κ1) is 18.7. The minimum absolute atomic E-state index is 0.128. The number of carbonyl (C=O) groups excluding carboxylic acids is 1. The highest BCUT2D eigenvalue weighted by Crippen LogP contribution is 2.34. The van der Waals surface area contributed by atoms with Crippen molar-refractivity contribution in [2.24, 2.45) is 5.41 Å². The summed E-state index contributed by atoms with van der Waals surface area (Å²) in [6, 6.07) is 6.18. The van der Waals surface area contributed by atoms with Crippen molar-refractivity contribution in [2.45, 2.75) is 72.8 Å². The number of benzene rings is 1. The molecule has 0 aromatic heterocycles. The van der Waals surface area contributed by atoms with Gasteiger partial charge in [-0.2, -0.15) is 0 Å². The molecule has 1 rings (SSSR count). The van der Waals surface area contributed by atoms with E-state index in [4.69, 9.17) is 0 Å². The van der Waals surface area contributed by atoms with E-state index in [0.29, 0.717) is 18.3 Å². The summed E-state index contributed by atoms with van der Waals surface area (Å²) in [6.07, 6.45) is -0.0928. The standard InChI is InChI=1S/C19H31NO2/c1-8-16(21)19(6,7)18(22)20-17-14(12(2)3)10-9-11-15(17)13(4)5/h9-13,16,21H,8H2,1-7H3,(H,20,22). The van der Waals surface area contributed by atoms with Crippen LogP contribution in [0.25, 0.3) is 0 Å². The van der Waals surface area contributed by atoms with E-state index in [1.54, 1.807) is 13.8 Å². The van der Waals surface area contributed by atoms with Crippen molar-refractivity contribution >= 4 is 11.6 Å². The second kappa shape index (κ2) is 7.28. The summed E-state index contributed by atoms with van der Waals surface area (Å²) in [6.45, 7) is 14.0. The maximum absolute atomic E-state index is 12.7. The van der Waals surface area contributed by atoms with Crippen molar-refractivity contribution < 1.29 is 9.90 Å². The first-order valence-electron chi connectivity index (χ1n) is 8.25. The molecule has 0 aliphatic carbocycles. The van der Waals surface area contributed by atoms with Crippen LogP contribution in [0.3, 0.4) is 0 Å². The third kappa shape index (κ3) is 3.89. The molecule has 1 aromatic carbocycles. The maximum atomic E-state index is 12.7. The minimum Gasteiger partial charge on any atom is -0.392 e. The fraction of sp³-hybridized carbons (Fsp3) is 0.632. The SMILES string of the molecule is CCC(O)C(C)(C)C(=O)Nc1c(C(C)C)cccc1C(C)C. The predicted molar refractivity (Wildman–Crippen MR) is 93.3 cm³/mol. The molecule has 0 bridgehead atoms. The average molecular weight is 305 g/mol. The predicted octanol–water partition coefficient (Wildman–Crippen LogP) is 4.67. The van der Waals surface area contributed by atoms with Gasteiger partial charge in [0.1, 0.15) is 0 Å². The summed E-state index contributed by atoms with van der Waals surface area (Å²) in [7, 11) is 0. The van der Waals surface area contributed by atoms with Gasteiger partial charge in [-0.05, 0) is 43.2 Å². The quantitative estimate of drug-likeness (QED) is 0.802. The van der Waals surface area contributed by atoms with E-state index in [9.17, 15) is 9.90 Å². The Labute approximate surface area is 135 Å². The number of anilines is 1. The zero-order chi connectivity index (χ0) is 17.1. The summed E-state index contributed by atoms with van der Waals surface area (Å²) < 4.78 is 0. The highest BCUT2D eigenvalue weighted by molar-refractivity contribution is 5.96. The minimum atomic E-state index is -0.812. The molecule has 0 heterocycles. The van der Waals surface area contributed by atoms with Crippen molar-refractivity contribution in [3.05, 3.63) is 29.3 Å². The van der Waals surface area contributed by atoms with Gasteiger partial charge < -0.3 is 10.4 Å². The Balaban J connectivity index is 3.24. The number of aliphatic hydroxyl groups excluding tert-OH is 1. The molecule has 0 aliphatic rings. The third-order valence-electron chi connectivity index (χ3n) is 4.42. The average Bonchev–Trinajstić information content (AvgIpc) is 2.45.